The molecule has 1 aromatic carbocycles. The highest BCUT2D eigenvalue weighted by atomic mass is 16.5. The second-order valence-corrected chi connectivity index (χ2v) is 3.72. The van der Waals surface area contributed by atoms with Crippen LogP contribution in [0.3, 0.4) is 0 Å². The van der Waals surface area contributed by atoms with Gasteiger partial charge in [-0.2, -0.15) is 5.10 Å². The summed E-state index contributed by atoms with van der Waals surface area (Å²) in [5.41, 5.74) is 2.24. The first-order valence-corrected chi connectivity index (χ1v) is 5.08. The number of ether oxygens (including phenoxy) is 1. The Kier molecular flexibility index (Phi) is 1.83. The highest BCUT2D eigenvalue weighted by Crippen LogP contribution is 2.30. The highest BCUT2D eigenvalue weighted by Gasteiger charge is 2.29. The van der Waals surface area contributed by atoms with Crippen molar-refractivity contribution in [2.45, 2.75) is 6.92 Å². The maximum atomic E-state index is 11.6. The number of aromatic nitrogens is 2. The molecule has 1 aromatic heterocycles. The first-order valence-electron chi connectivity index (χ1n) is 5.08. The molecule has 0 saturated carbocycles. The zero-order valence-corrected chi connectivity index (χ0v) is 8.80. The summed E-state index contributed by atoms with van der Waals surface area (Å²) in [5.74, 6) is 0.573. The average Bonchev–Trinajstić information content (AvgIpc) is 2.83. The number of carbonyl (C=O) groups is 1. The van der Waals surface area contributed by atoms with Crippen molar-refractivity contribution in [1.82, 2.24) is 9.78 Å². The minimum absolute atomic E-state index is 0.00896. The molecule has 2 aromatic rings. The number of aryl methyl sites for hydroxylation is 1. The Hall–Kier alpha value is -2.10. The molecule has 0 amide bonds. The molecular formula is C12H10N2O2. The number of para-hydroxylation sites is 1. The first-order chi connectivity index (χ1) is 7.77. The molecule has 2 heterocycles. The number of rotatable bonds is 1. The van der Waals surface area contributed by atoms with Crippen molar-refractivity contribution in [2.24, 2.45) is 0 Å². The van der Waals surface area contributed by atoms with Crippen molar-refractivity contribution in [3.63, 3.8) is 0 Å². The standard InChI is InChI=1S/C12H10N2O2/c1-8-11-10(15)7-16-12(11)14(13-8)9-5-3-2-4-6-9/h2-6H,7H2,1H3. The number of hydrogen-bond donors (Lipinski definition) is 0. The molecule has 0 spiro atoms. The van der Waals surface area contributed by atoms with Crippen LogP contribution in [0.2, 0.25) is 0 Å². The van der Waals surface area contributed by atoms with E-state index in [4.69, 9.17) is 4.74 Å². The van der Waals surface area contributed by atoms with Gasteiger partial charge in [0.05, 0.1) is 11.4 Å². The third-order valence-electron chi connectivity index (χ3n) is 2.64. The van der Waals surface area contributed by atoms with E-state index >= 15 is 0 Å². The molecule has 4 nitrogen and oxygen atoms in total. The van der Waals surface area contributed by atoms with Crippen LogP contribution in [0.25, 0.3) is 5.69 Å². The molecule has 0 atom stereocenters. The van der Waals surface area contributed by atoms with Gasteiger partial charge in [-0.15, -0.1) is 0 Å². The Morgan fingerprint density at radius 2 is 2.06 bits per heavy atom. The topological polar surface area (TPSA) is 44.1 Å². The lowest BCUT2D eigenvalue weighted by Crippen LogP contribution is -2.05. The molecule has 0 saturated heterocycles. The average molecular weight is 214 g/mol. The second kappa shape index (κ2) is 3.20. The summed E-state index contributed by atoms with van der Waals surface area (Å²) in [6.45, 7) is 1.95. The van der Waals surface area contributed by atoms with Crippen LogP contribution in [-0.2, 0) is 0 Å². The molecule has 80 valence electrons. The Bertz CT molecular complexity index is 558. The molecule has 3 rings (SSSR count). The number of ketones is 1. The minimum Gasteiger partial charge on any atom is -0.469 e. The van der Waals surface area contributed by atoms with Crippen LogP contribution in [-0.4, -0.2) is 22.2 Å². The highest BCUT2D eigenvalue weighted by molar-refractivity contribution is 6.02. The van der Waals surface area contributed by atoms with E-state index in [0.717, 1.165) is 11.4 Å². The Morgan fingerprint density at radius 1 is 1.31 bits per heavy atom. The zero-order valence-electron chi connectivity index (χ0n) is 8.80. The van der Waals surface area contributed by atoms with Gasteiger partial charge in [0.2, 0.25) is 11.7 Å². The Morgan fingerprint density at radius 3 is 2.81 bits per heavy atom. The van der Waals surface area contributed by atoms with E-state index in [2.05, 4.69) is 5.10 Å². The molecule has 0 N–H and O–H groups in total. The Labute approximate surface area is 92.5 Å². The molecule has 0 radical (unpaired) electrons. The lowest BCUT2D eigenvalue weighted by Gasteiger charge is -2.04. The molecule has 0 bridgehead atoms. The van der Waals surface area contributed by atoms with Gasteiger partial charge in [-0.25, -0.2) is 4.68 Å². The van der Waals surface area contributed by atoms with Gasteiger partial charge in [0.15, 0.2) is 6.61 Å². The normalized spacial score (nSPS) is 13.7. The third kappa shape index (κ3) is 1.16. The SMILES string of the molecule is Cc1nn(-c2ccccc2)c2c1C(=O)CO2. The molecule has 16 heavy (non-hydrogen) atoms. The molecule has 0 fully saturated rings. The van der Waals surface area contributed by atoms with Crippen molar-refractivity contribution in [2.75, 3.05) is 6.61 Å². The first kappa shape index (κ1) is 9.15. The van der Waals surface area contributed by atoms with Gasteiger partial charge in [0.1, 0.15) is 5.56 Å². The third-order valence-corrected chi connectivity index (χ3v) is 2.64. The summed E-state index contributed by atoms with van der Waals surface area (Å²) < 4.78 is 7.04. The van der Waals surface area contributed by atoms with Gasteiger partial charge in [0.25, 0.3) is 0 Å². The van der Waals surface area contributed by atoms with Gasteiger partial charge in [0, 0.05) is 0 Å². The number of fused-ring (bicyclic) bond motifs is 1. The van der Waals surface area contributed by atoms with Crippen LogP contribution in [0.15, 0.2) is 30.3 Å². The van der Waals surface area contributed by atoms with Gasteiger partial charge >= 0.3 is 0 Å². The van der Waals surface area contributed by atoms with Crippen LogP contribution in [0.5, 0.6) is 5.88 Å². The van der Waals surface area contributed by atoms with E-state index in [-0.39, 0.29) is 12.4 Å². The maximum Gasteiger partial charge on any atom is 0.228 e. The molecule has 0 unspecified atom stereocenters. The van der Waals surface area contributed by atoms with Gasteiger partial charge in [-0.3, -0.25) is 4.79 Å². The van der Waals surface area contributed by atoms with Gasteiger partial charge in [-0.1, -0.05) is 18.2 Å². The number of Topliss-reactive ketones (excluding diaryl/α,β-unsaturated/α-hetero) is 1. The lowest BCUT2D eigenvalue weighted by molar-refractivity contribution is 0.0957. The summed E-state index contributed by atoms with van der Waals surface area (Å²) >= 11 is 0. The maximum absolute atomic E-state index is 11.6. The summed E-state index contributed by atoms with van der Waals surface area (Å²) in [4.78, 5) is 11.6. The van der Waals surface area contributed by atoms with Crippen LogP contribution < -0.4 is 4.74 Å². The monoisotopic (exact) mass is 214 g/mol. The van der Waals surface area contributed by atoms with Crippen molar-refractivity contribution in [3.8, 4) is 11.6 Å². The summed E-state index contributed by atoms with van der Waals surface area (Å²) in [7, 11) is 0. The number of carbonyl (C=O) groups excluding carboxylic acids is 1. The van der Waals surface area contributed by atoms with E-state index in [1.165, 1.54) is 0 Å². The van der Waals surface area contributed by atoms with Crippen molar-refractivity contribution in [1.29, 1.82) is 0 Å². The smallest absolute Gasteiger partial charge is 0.228 e. The van der Waals surface area contributed by atoms with Crippen LogP contribution >= 0.6 is 0 Å². The minimum atomic E-state index is 0.00896. The van der Waals surface area contributed by atoms with E-state index in [0.29, 0.717) is 11.4 Å². The fourth-order valence-corrected chi connectivity index (χ4v) is 1.91. The molecular weight excluding hydrogens is 204 g/mol. The van der Waals surface area contributed by atoms with Crippen molar-refractivity contribution < 1.29 is 9.53 Å². The fourth-order valence-electron chi connectivity index (χ4n) is 1.91. The van der Waals surface area contributed by atoms with Crippen LogP contribution in [0, 0.1) is 6.92 Å². The van der Waals surface area contributed by atoms with Gasteiger partial charge < -0.3 is 4.74 Å². The van der Waals surface area contributed by atoms with Crippen molar-refractivity contribution in [3.05, 3.63) is 41.6 Å². The van der Waals surface area contributed by atoms with Crippen molar-refractivity contribution >= 4 is 5.78 Å². The van der Waals surface area contributed by atoms with E-state index in [1.807, 2.05) is 37.3 Å². The second-order valence-electron chi connectivity index (χ2n) is 3.72. The van der Waals surface area contributed by atoms with Crippen LogP contribution in [0.1, 0.15) is 16.1 Å². The summed E-state index contributed by atoms with van der Waals surface area (Å²) in [6, 6.07) is 9.65. The lowest BCUT2D eigenvalue weighted by atomic mass is 10.2. The Balaban J connectivity index is 2.21. The zero-order chi connectivity index (χ0) is 11.1. The van der Waals surface area contributed by atoms with E-state index < -0.39 is 0 Å². The summed E-state index contributed by atoms with van der Waals surface area (Å²) in [6.07, 6.45) is 0. The van der Waals surface area contributed by atoms with E-state index in [9.17, 15) is 4.79 Å². The molecule has 4 heteroatoms. The molecule has 1 aliphatic rings. The largest absolute Gasteiger partial charge is 0.469 e. The quantitative estimate of drug-likeness (QED) is 0.726. The van der Waals surface area contributed by atoms with Gasteiger partial charge in [-0.05, 0) is 19.1 Å². The van der Waals surface area contributed by atoms with Crippen LogP contribution in [0.4, 0.5) is 0 Å². The number of nitrogens with zero attached hydrogens (tertiary/aromatic N) is 2. The summed E-state index contributed by atoms with van der Waals surface area (Å²) in [5, 5.41) is 4.32. The predicted molar refractivity (Wildman–Crippen MR) is 58.1 cm³/mol. The predicted octanol–water partition coefficient (Wildman–Crippen LogP) is 1.76. The molecule has 1 aliphatic heterocycles. The van der Waals surface area contributed by atoms with E-state index in [1.54, 1.807) is 4.68 Å². The number of hydrogen-bond acceptors (Lipinski definition) is 3. The fraction of sp³-hybridized carbons (Fsp3) is 0.167. The molecule has 0 aliphatic carbocycles. The number of benzene rings is 1.